The van der Waals surface area contributed by atoms with Crippen LogP contribution in [0.15, 0.2) is 30.3 Å². The molecule has 2 aliphatic rings. The highest BCUT2D eigenvalue weighted by Gasteiger charge is 2.54. The van der Waals surface area contributed by atoms with E-state index in [4.69, 9.17) is 4.74 Å². The van der Waals surface area contributed by atoms with Gasteiger partial charge in [0, 0.05) is 13.1 Å². The maximum atomic E-state index is 12.3. The van der Waals surface area contributed by atoms with Crippen LogP contribution in [0.4, 0.5) is 4.79 Å². The fraction of sp³-hybridized carbons (Fsp3) is 0.731. The normalized spacial score (nSPS) is 19.7. The lowest BCUT2D eigenvalue weighted by atomic mass is 9.91. The van der Waals surface area contributed by atoms with Crippen molar-refractivity contribution in [3.63, 3.8) is 0 Å². The molecule has 2 atom stereocenters. The SMILES string of the molecule is CC.CC.CCCCC(C)CNCC1CC12CCN(C(=O)Oc1ccccc1)CC2. The van der Waals surface area contributed by atoms with Crippen LogP contribution < -0.4 is 10.1 Å². The maximum absolute atomic E-state index is 12.3. The summed E-state index contributed by atoms with van der Waals surface area (Å²) in [7, 11) is 0. The molecule has 2 unspecified atom stereocenters. The van der Waals surface area contributed by atoms with Gasteiger partial charge in [0.05, 0.1) is 0 Å². The van der Waals surface area contributed by atoms with Crippen molar-refractivity contribution in [2.75, 3.05) is 26.2 Å². The van der Waals surface area contributed by atoms with E-state index in [9.17, 15) is 4.79 Å². The second kappa shape index (κ2) is 14.5. The van der Waals surface area contributed by atoms with Gasteiger partial charge in [-0.25, -0.2) is 4.79 Å². The van der Waals surface area contributed by atoms with E-state index in [1.54, 1.807) is 0 Å². The first-order chi connectivity index (χ1) is 14.6. The Labute approximate surface area is 185 Å². The lowest BCUT2D eigenvalue weighted by Gasteiger charge is -2.32. The number of nitrogens with zero attached hydrogens (tertiary/aromatic N) is 1. The third-order valence-electron chi connectivity index (χ3n) is 6.26. The summed E-state index contributed by atoms with van der Waals surface area (Å²) >= 11 is 0. The summed E-state index contributed by atoms with van der Waals surface area (Å²) in [5.74, 6) is 2.20. The molecule has 1 spiro atoms. The summed E-state index contributed by atoms with van der Waals surface area (Å²) in [6.45, 7) is 16.6. The molecule has 1 aromatic rings. The molecule has 2 fully saturated rings. The van der Waals surface area contributed by atoms with Gasteiger partial charge in [0.2, 0.25) is 0 Å². The van der Waals surface area contributed by atoms with Crippen molar-refractivity contribution in [2.24, 2.45) is 17.3 Å². The lowest BCUT2D eigenvalue weighted by molar-refractivity contribution is 0.123. The number of carbonyl (C=O) groups excluding carboxylic acids is 1. The fourth-order valence-corrected chi connectivity index (χ4v) is 4.28. The summed E-state index contributed by atoms with van der Waals surface area (Å²) in [5, 5.41) is 3.69. The molecule has 1 amide bonds. The first-order valence-electron chi connectivity index (χ1n) is 12.4. The van der Waals surface area contributed by atoms with Crippen molar-refractivity contribution in [3.05, 3.63) is 30.3 Å². The quantitative estimate of drug-likeness (QED) is 0.507. The Morgan fingerprint density at radius 1 is 1.17 bits per heavy atom. The first-order valence-corrected chi connectivity index (χ1v) is 12.4. The number of amides is 1. The minimum Gasteiger partial charge on any atom is -0.410 e. The van der Waals surface area contributed by atoms with Gasteiger partial charge in [-0.05, 0) is 68.2 Å². The fourth-order valence-electron chi connectivity index (χ4n) is 4.28. The number of unbranched alkanes of at least 4 members (excludes halogenated alkanes) is 1. The molecule has 1 aromatic carbocycles. The van der Waals surface area contributed by atoms with Gasteiger partial charge in [0.1, 0.15) is 5.75 Å². The van der Waals surface area contributed by atoms with Crippen molar-refractivity contribution in [2.45, 2.75) is 80.1 Å². The molecule has 1 aliphatic heterocycles. The van der Waals surface area contributed by atoms with Gasteiger partial charge in [0.25, 0.3) is 0 Å². The minimum atomic E-state index is -0.203. The van der Waals surface area contributed by atoms with Crippen LogP contribution in [-0.2, 0) is 0 Å². The number of para-hydroxylation sites is 1. The van der Waals surface area contributed by atoms with E-state index in [2.05, 4.69) is 19.2 Å². The topological polar surface area (TPSA) is 41.6 Å². The zero-order chi connectivity index (χ0) is 22.4. The van der Waals surface area contributed by atoms with Crippen LogP contribution in [0.2, 0.25) is 0 Å². The molecule has 30 heavy (non-hydrogen) atoms. The maximum Gasteiger partial charge on any atom is 0.415 e. The van der Waals surface area contributed by atoms with Crippen LogP contribution in [0.1, 0.15) is 80.1 Å². The highest BCUT2D eigenvalue weighted by Crippen LogP contribution is 2.59. The Morgan fingerprint density at radius 2 is 1.80 bits per heavy atom. The van der Waals surface area contributed by atoms with Crippen molar-refractivity contribution in [1.29, 1.82) is 0 Å². The van der Waals surface area contributed by atoms with Crippen molar-refractivity contribution >= 4 is 6.09 Å². The molecule has 172 valence electrons. The van der Waals surface area contributed by atoms with Crippen molar-refractivity contribution < 1.29 is 9.53 Å². The molecule has 4 nitrogen and oxygen atoms in total. The predicted molar refractivity (Wildman–Crippen MR) is 128 cm³/mol. The average molecular weight is 419 g/mol. The van der Waals surface area contributed by atoms with Gasteiger partial charge in [-0.3, -0.25) is 0 Å². The van der Waals surface area contributed by atoms with E-state index in [-0.39, 0.29) is 6.09 Å². The number of nitrogens with one attached hydrogen (secondary N) is 1. The molecule has 1 saturated heterocycles. The molecule has 3 rings (SSSR count). The molecular formula is C26H46N2O2. The number of carbonyl (C=O) groups is 1. The van der Waals surface area contributed by atoms with Crippen LogP contribution >= 0.6 is 0 Å². The molecule has 0 aromatic heterocycles. The van der Waals surface area contributed by atoms with Gasteiger partial charge in [0.15, 0.2) is 0 Å². The van der Waals surface area contributed by atoms with E-state index in [0.29, 0.717) is 11.2 Å². The second-order valence-corrected chi connectivity index (χ2v) is 8.34. The Balaban J connectivity index is 0.00000106. The van der Waals surface area contributed by atoms with Crippen molar-refractivity contribution in [1.82, 2.24) is 10.2 Å². The molecule has 1 aliphatic carbocycles. The van der Waals surface area contributed by atoms with Gasteiger partial charge < -0.3 is 15.0 Å². The number of hydrogen-bond acceptors (Lipinski definition) is 3. The van der Waals surface area contributed by atoms with Crippen molar-refractivity contribution in [3.8, 4) is 5.75 Å². The zero-order valence-electron chi connectivity index (χ0n) is 20.4. The minimum absolute atomic E-state index is 0.203. The molecule has 1 heterocycles. The van der Waals surface area contributed by atoms with E-state index < -0.39 is 0 Å². The van der Waals surface area contributed by atoms with Crippen LogP contribution in [0.5, 0.6) is 5.75 Å². The largest absolute Gasteiger partial charge is 0.415 e. The molecule has 4 heteroatoms. The summed E-state index contributed by atoms with van der Waals surface area (Å²) in [6.07, 6.45) is 7.32. The number of piperidine rings is 1. The average Bonchev–Trinajstić information content (AvgIpc) is 3.47. The van der Waals surface area contributed by atoms with E-state index in [1.807, 2.05) is 62.9 Å². The van der Waals surface area contributed by atoms with Gasteiger partial charge >= 0.3 is 6.09 Å². The number of benzene rings is 1. The third-order valence-corrected chi connectivity index (χ3v) is 6.26. The summed E-state index contributed by atoms with van der Waals surface area (Å²) in [4.78, 5) is 14.2. The number of ether oxygens (including phenoxy) is 1. The Kier molecular flexibility index (Phi) is 12.8. The van der Waals surface area contributed by atoms with Crippen LogP contribution in [0.25, 0.3) is 0 Å². The van der Waals surface area contributed by atoms with Gasteiger partial charge in [-0.2, -0.15) is 0 Å². The molecule has 0 radical (unpaired) electrons. The second-order valence-electron chi connectivity index (χ2n) is 8.34. The van der Waals surface area contributed by atoms with E-state index in [1.165, 1.54) is 25.7 Å². The van der Waals surface area contributed by atoms with Gasteiger partial charge in [-0.1, -0.05) is 72.6 Å². The highest BCUT2D eigenvalue weighted by atomic mass is 16.6. The molecule has 0 bridgehead atoms. The van der Waals surface area contributed by atoms with Crippen LogP contribution in [0, 0.1) is 17.3 Å². The van der Waals surface area contributed by atoms with Gasteiger partial charge in [-0.15, -0.1) is 0 Å². The Hall–Kier alpha value is -1.55. The summed E-state index contributed by atoms with van der Waals surface area (Å²) in [6, 6.07) is 9.35. The summed E-state index contributed by atoms with van der Waals surface area (Å²) in [5.41, 5.74) is 0.489. The monoisotopic (exact) mass is 418 g/mol. The number of likely N-dealkylation sites (tertiary alicyclic amines) is 1. The molecular weight excluding hydrogens is 372 g/mol. The third kappa shape index (κ3) is 8.29. The zero-order valence-corrected chi connectivity index (χ0v) is 20.4. The summed E-state index contributed by atoms with van der Waals surface area (Å²) < 4.78 is 5.47. The first kappa shape index (κ1) is 26.5. The smallest absolute Gasteiger partial charge is 0.410 e. The molecule has 1 saturated carbocycles. The Bertz CT molecular complexity index is 568. The number of hydrogen-bond donors (Lipinski definition) is 1. The van der Waals surface area contributed by atoms with E-state index >= 15 is 0 Å². The molecule has 1 N–H and O–H groups in total. The van der Waals surface area contributed by atoms with E-state index in [0.717, 1.165) is 50.9 Å². The standard InChI is InChI=1S/C22H34N2O2.2C2H6/c1-3-4-8-18(2)16-23-17-19-15-22(19)11-13-24(14-12-22)21(25)26-20-9-6-5-7-10-20;2*1-2/h5-7,9-10,18-19,23H,3-4,8,11-17H2,1-2H3;2*1-2H3. The highest BCUT2D eigenvalue weighted by molar-refractivity contribution is 5.70. The Morgan fingerprint density at radius 3 is 2.40 bits per heavy atom. The lowest BCUT2D eigenvalue weighted by Crippen LogP contribution is -2.41. The van der Waals surface area contributed by atoms with Crippen LogP contribution in [0.3, 0.4) is 0 Å². The number of rotatable bonds is 8. The van der Waals surface area contributed by atoms with Crippen LogP contribution in [-0.4, -0.2) is 37.2 Å². The predicted octanol–water partition coefficient (Wildman–Crippen LogP) is 6.76.